The molecule has 0 amide bonds. The normalized spacial score (nSPS) is 11.6. The quantitative estimate of drug-likeness (QED) is 0.854. The van der Waals surface area contributed by atoms with E-state index in [4.69, 9.17) is 5.26 Å². The van der Waals surface area contributed by atoms with Crippen molar-refractivity contribution in [2.45, 2.75) is 19.9 Å². The van der Waals surface area contributed by atoms with Gasteiger partial charge in [-0.25, -0.2) is 0 Å². The van der Waals surface area contributed by atoms with Crippen LogP contribution in [0.4, 0.5) is 5.69 Å². The van der Waals surface area contributed by atoms with Gasteiger partial charge in [-0.05, 0) is 43.5 Å². The summed E-state index contributed by atoms with van der Waals surface area (Å²) in [6, 6.07) is 11.3. The maximum absolute atomic E-state index is 11.6. The van der Waals surface area contributed by atoms with Gasteiger partial charge in [0, 0.05) is 16.1 Å². The first-order valence-electron chi connectivity index (χ1n) is 5.97. The zero-order valence-electron chi connectivity index (χ0n) is 10.8. The summed E-state index contributed by atoms with van der Waals surface area (Å²) in [5.74, 6) is -0.00892. The molecule has 3 nitrogen and oxygen atoms in total. The van der Waals surface area contributed by atoms with Crippen LogP contribution in [0, 0.1) is 11.3 Å². The molecule has 19 heavy (non-hydrogen) atoms. The molecule has 0 bridgehead atoms. The number of nitriles is 1. The molecule has 0 aliphatic carbocycles. The van der Waals surface area contributed by atoms with Gasteiger partial charge in [0.2, 0.25) is 0 Å². The second kappa shape index (κ2) is 5.68. The second-order valence-corrected chi connectivity index (χ2v) is 5.29. The molecule has 1 unspecified atom stereocenters. The third kappa shape index (κ3) is 3.01. The molecule has 2 aromatic rings. The first-order chi connectivity index (χ1) is 9.11. The highest BCUT2D eigenvalue weighted by molar-refractivity contribution is 7.10. The van der Waals surface area contributed by atoms with Crippen LogP contribution in [0.5, 0.6) is 0 Å². The third-order valence-electron chi connectivity index (χ3n) is 2.87. The van der Waals surface area contributed by atoms with E-state index in [9.17, 15) is 4.79 Å². The van der Waals surface area contributed by atoms with E-state index in [0.717, 1.165) is 0 Å². The first kappa shape index (κ1) is 13.3. The van der Waals surface area contributed by atoms with Gasteiger partial charge >= 0.3 is 0 Å². The molecule has 2 rings (SSSR count). The van der Waals surface area contributed by atoms with Gasteiger partial charge in [0.05, 0.1) is 17.7 Å². The molecule has 1 aromatic heterocycles. The van der Waals surface area contributed by atoms with E-state index in [1.807, 2.05) is 24.4 Å². The molecule has 4 heteroatoms. The van der Waals surface area contributed by atoms with E-state index >= 15 is 0 Å². The minimum absolute atomic E-state index is 0.00892. The predicted octanol–water partition coefficient (Wildman–Crippen LogP) is 4.00. The molecule has 0 saturated carbocycles. The zero-order valence-corrected chi connectivity index (χ0v) is 11.6. The molecule has 0 saturated heterocycles. The van der Waals surface area contributed by atoms with Crippen LogP contribution < -0.4 is 5.32 Å². The molecule has 0 radical (unpaired) electrons. The number of rotatable bonds is 4. The highest BCUT2D eigenvalue weighted by atomic mass is 32.1. The highest BCUT2D eigenvalue weighted by Gasteiger charge is 2.12. The Morgan fingerprint density at radius 3 is 2.79 bits per heavy atom. The van der Waals surface area contributed by atoms with Crippen molar-refractivity contribution in [3.05, 3.63) is 51.7 Å². The molecular formula is C15H14N2OS. The average molecular weight is 270 g/mol. The Morgan fingerprint density at radius 1 is 1.42 bits per heavy atom. The van der Waals surface area contributed by atoms with Crippen LogP contribution in [0.25, 0.3) is 0 Å². The van der Waals surface area contributed by atoms with Gasteiger partial charge in [0.1, 0.15) is 0 Å². The molecule has 0 aliphatic rings. The van der Waals surface area contributed by atoms with Crippen molar-refractivity contribution < 1.29 is 4.79 Å². The van der Waals surface area contributed by atoms with E-state index in [1.54, 1.807) is 29.5 Å². The Labute approximate surface area is 116 Å². The largest absolute Gasteiger partial charge is 0.377 e. The maximum Gasteiger partial charge on any atom is 0.161 e. The molecule has 0 spiro atoms. The van der Waals surface area contributed by atoms with Crippen molar-refractivity contribution in [3.8, 4) is 6.07 Å². The molecule has 1 aromatic carbocycles. The maximum atomic E-state index is 11.6. The summed E-state index contributed by atoms with van der Waals surface area (Å²) in [6.45, 7) is 3.57. The summed E-state index contributed by atoms with van der Waals surface area (Å²) in [7, 11) is 0. The molecule has 1 atom stereocenters. The molecule has 1 heterocycles. The minimum Gasteiger partial charge on any atom is -0.377 e. The molecule has 96 valence electrons. The summed E-state index contributed by atoms with van der Waals surface area (Å²) in [4.78, 5) is 12.8. The van der Waals surface area contributed by atoms with Gasteiger partial charge in [-0.15, -0.1) is 11.3 Å². The van der Waals surface area contributed by atoms with Gasteiger partial charge in [-0.2, -0.15) is 5.26 Å². The Hall–Kier alpha value is -2.12. The number of hydrogen-bond donors (Lipinski definition) is 1. The zero-order chi connectivity index (χ0) is 13.8. The molecule has 1 N–H and O–H groups in total. The third-order valence-corrected chi connectivity index (χ3v) is 3.92. The van der Waals surface area contributed by atoms with E-state index in [-0.39, 0.29) is 11.8 Å². The highest BCUT2D eigenvalue weighted by Crippen LogP contribution is 2.26. The first-order valence-corrected chi connectivity index (χ1v) is 6.85. The summed E-state index contributed by atoms with van der Waals surface area (Å²) in [5, 5.41) is 14.3. The summed E-state index contributed by atoms with van der Waals surface area (Å²) in [6.07, 6.45) is 0. The number of thiophene rings is 1. The fourth-order valence-corrected chi connectivity index (χ4v) is 2.62. The number of Topliss-reactive ketones (excluding diaryl/α,β-unsaturated/α-hetero) is 1. The Kier molecular flexibility index (Phi) is 3.98. The van der Waals surface area contributed by atoms with Gasteiger partial charge in [-0.3, -0.25) is 4.79 Å². The number of nitrogens with one attached hydrogen (secondary N) is 1. The number of nitrogens with zero attached hydrogens (tertiary/aromatic N) is 1. The lowest BCUT2D eigenvalue weighted by Gasteiger charge is -2.16. The van der Waals surface area contributed by atoms with Crippen LogP contribution in [0.3, 0.4) is 0 Å². The standard InChI is InChI=1S/C15H14N2OS/c1-10(15-4-3-7-19-15)17-14-8-12(9-16)5-6-13(14)11(2)18/h3-8,10,17H,1-2H3. The lowest BCUT2D eigenvalue weighted by Crippen LogP contribution is -2.09. The van der Waals surface area contributed by atoms with Crippen LogP contribution in [0.15, 0.2) is 35.7 Å². The van der Waals surface area contributed by atoms with Crippen molar-refractivity contribution >= 4 is 22.8 Å². The average Bonchev–Trinajstić information content (AvgIpc) is 2.92. The smallest absolute Gasteiger partial charge is 0.161 e. The predicted molar refractivity (Wildman–Crippen MR) is 77.5 cm³/mol. The summed E-state index contributed by atoms with van der Waals surface area (Å²) in [5.41, 5.74) is 1.88. The monoisotopic (exact) mass is 270 g/mol. The minimum atomic E-state index is -0.00892. The number of carbonyl (C=O) groups is 1. The van der Waals surface area contributed by atoms with Gasteiger partial charge < -0.3 is 5.32 Å². The van der Waals surface area contributed by atoms with Gasteiger partial charge in [0.25, 0.3) is 0 Å². The van der Waals surface area contributed by atoms with E-state index in [2.05, 4.69) is 11.4 Å². The second-order valence-electron chi connectivity index (χ2n) is 4.31. The fraction of sp³-hybridized carbons (Fsp3) is 0.200. The number of carbonyl (C=O) groups excluding carboxylic acids is 1. The van der Waals surface area contributed by atoms with Gasteiger partial charge in [0.15, 0.2) is 5.78 Å². The van der Waals surface area contributed by atoms with E-state index < -0.39 is 0 Å². The van der Waals surface area contributed by atoms with Gasteiger partial charge in [-0.1, -0.05) is 6.07 Å². The molecule has 0 aliphatic heterocycles. The Bertz CT molecular complexity index is 626. The lowest BCUT2D eigenvalue weighted by molar-refractivity contribution is 0.101. The number of benzene rings is 1. The van der Waals surface area contributed by atoms with Crippen LogP contribution in [-0.4, -0.2) is 5.78 Å². The Morgan fingerprint density at radius 2 is 2.21 bits per heavy atom. The number of ketones is 1. The molecular weight excluding hydrogens is 256 g/mol. The topological polar surface area (TPSA) is 52.9 Å². The summed E-state index contributed by atoms with van der Waals surface area (Å²) >= 11 is 1.66. The van der Waals surface area contributed by atoms with Crippen molar-refractivity contribution in [2.75, 3.05) is 5.32 Å². The van der Waals surface area contributed by atoms with Crippen LogP contribution >= 0.6 is 11.3 Å². The fourth-order valence-electron chi connectivity index (χ4n) is 1.88. The van der Waals surface area contributed by atoms with E-state index in [1.165, 1.54) is 11.8 Å². The number of hydrogen-bond acceptors (Lipinski definition) is 4. The molecule has 0 fully saturated rings. The van der Waals surface area contributed by atoms with Crippen LogP contribution in [0.1, 0.15) is 40.7 Å². The Balaban J connectivity index is 2.32. The van der Waals surface area contributed by atoms with Crippen molar-refractivity contribution in [1.29, 1.82) is 5.26 Å². The van der Waals surface area contributed by atoms with E-state index in [0.29, 0.717) is 16.8 Å². The number of anilines is 1. The van der Waals surface area contributed by atoms with Crippen LogP contribution in [0.2, 0.25) is 0 Å². The SMILES string of the molecule is CC(=O)c1ccc(C#N)cc1NC(C)c1cccs1. The lowest BCUT2D eigenvalue weighted by atomic mass is 10.1. The van der Waals surface area contributed by atoms with Crippen molar-refractivity contribution in [1.82, 2.24) is 0 Å². The van der Waals surface area contributed by atoms with Crippen molar-refractivity contribution in [3.63, 3.8) is 0 Å². The van der Waals surface area contributed by atoms with Crippen LogP contribution in [-0.2, 0) is 0 Å². The summed E-state index contributed by atoms with van der Waals surface area (Å²) < 4.78 is 0. The van der Waals surface area contributed by atoms with Crippen molar-refractivity contribution in [2.24, 2.45) is 0 Å².